The largest absolute Gasteiger partial charge is 0.309 e. The van der Waals surface area contributed by atoms with Crippen LogP contribution in [0.1, 0.15) is 0 Å². The molecular formula is C55H33N5. The first-order chi connectivity index (χ1) is 29.8. The second kappa shape index (κ2) is 12.7. The number of rotatable bonds is 4. The monoisotopic (exact) mass is 763 g/mol. The Balaban J connectivity index is 1.16. The Morgan fingerprint density at radius 1 is 0.333 bits per heavy atom. The average molecular weight is 764 g/mol. The van der Waals surface area contributed by atoms with E-state index in [0.717, 1.165) is 44.7 Å². The molecular weight excluding hydrogens is 731 g/mol. The maximum absolute atomic E-state index is 5.13. The van der Waals surface area contributed by atoms with Gasteiger partial charge in [-0.25, -0.2) is 9.97 Å². The smallest absolute Gasteiger partial charge is 0.160 e. The molecule has 5 heteroatoms. The van der Waals surface area contributed by atoms with Gasteiger partial charge in [0, 0.05) is 66.4 Å². The predicted octanol–water partition coefficient (Wildman–Crippen LogP) is 14.0. The molecule has 0 N–H and O–H groups in total. The third-order valence-electron chi connectivity index (χ3n) is 12.3. The molecule has 13 rings (SSSR count). The number of hydrogen-bond donors (Lipinski definition) is 0. The van der Waals surface area contributed by atoms with Crippen molar-refractivity contribution in [3.63, 3.8) is 0 Å². The normalized spacial score (nSPS) is 12.0. The fourth-order valence-electron chi connectivity index (χ4n) is 9.87. The third kappa shape index (κ3) is 4.60. The van der Waals surface area contributed by atoms with E-state index in [1.807, 2.05) is 36.5 Å². The van der Waals surface area contributed by atoms with E-state index < -0.39 is 0 Å². The van der Waals surface area contributed by atoms with E-state index in [1.54, 1.807) is 0 Å². The summed E-state index contributed by atoms with van der Waals surface area (Å²) in [6, 6.07) is 69.5. The number of nitrogens with zero attached hydrogens (tertiary/aromatic N) is 5. The zero-order valence-corrected chi connectivity index (χ0v) is 32.3. The first-order valence-electron chi connectivity index (χ1n) is 20.4. The molecule has 0 unspecified atom stereocenters. The second-order valence-corrected chi connectivity index (χ2v) is 15.5. The van der Waals surface area contributed by atoms with Gasteiger partial charge in [0.25, 0.3) is 0 Å². The van der Waals surface area contributed by atoms with Crippen LogP contribution in [-0.4, -0.2) is 24.1 Å². The van der Waals surface area contributed by atoms with Gasteiger partial charge in [0.2, 0.25) is 0 Å². The molecule has 0 spiro atoms. The molecule has 60 heavy (non-hydrogen) atoms. The fraction of sp³-hybridized carbons (Fsp3) is 0. The summed E-state index contributed by atoms with van der Waals surface area (Å²) >= 11 is 0. The molecule has 0 aliphatic carbocycles. The van der Waals surface area contributed by atoms with Gasteiger partial charge in [0.05, 0.1) is 27.6 Å². The first-order valence-corrected chi connectivity index (χ1v) is 20.4. The van der Waals surface area contributed by atoms with Crippen LogP contribution >= 0.6 is 0 Å². The number of para-hydroxylation sites is 3. The van der Waals surface area contributed by atoms with Crippen LogP contribution < -0.4 is 0 Å². The molecule has 13 aromatic rings. The molecule has 0 saturated carbocycles. The summed E-state index contributed by atoms with van der Waals surface area (Å²) in [5, 5.41) is 12.5. The van der Waals surface area contributed by atoms with Gasteiger partial charge in [0.1, 0.15) is 11.2 Å². The Labute approximate surface area is 344 Å². The van der Waals surface area contributed by atoms with Gasteiger partial charge in [-0.3, -0.25) is 4.98 Å². The summed E-state index contributed by atoms with van der Waals surface area (Å²) in [6.07, 6.45) is 1.82. The van der Waals surface area contributed by atoms with Crippen molar-refractivity contribution < 1.29 is 0 Å². The van der Waals surface area contributed by atoms with Crippen molar-refractivity contribution in [3.8, 4) is 34.0 Å². The minimum Gasteiger partial charge on any atom is -0.309 e. The molecule has 0 bridgehead atoms. The molecule has 4 aromatic heterocycles. The van der Waals surface area contributed by atoms with Gasteiger partial charge in [0.15, 0.2) is 5.82 Å². The lowest BCUT2D eigenvalue weighted by Crippen LogP contribution is -1.98. The summed E-state index contributed by atoms with van der Waals surface area (Å²) in [5.41, 5.74) is 11.4. The quantitative estimate of drug-likeness (QED) is 0.168. The van der Waals surface area contributed by atoms with Gasteiger partial charge in [-0.15, -0.1) is 0 Å². The lowest BCUT2D eigenvalue weighted by molar-refractivity contribution is 1.18. The molecule has 0 saturated heterocycles. The van der Waals surface area contributed by atoms with E-state index in [1.165, 1.54) is 70.4 Å². The van der Waals surface area contributed by atoms with Crippen molar-refractivity contribution in [1.82, 2.24) is 24.1 Å². The molecule has 0 aliphatic rings. The number of aromatic nitrogens is 5. The first kappa shape index (κ1) is 32.9. The molecule has 0 amide bonds. The maximum Gasteiger partial charge on any atom is 0.160 e. The Hall–Kier alpha value is -8.15. The van der Waals surface area contributed by atoms with Crippen LogP contribution in [0.5, 0.6) is 0 Å². The van der Waals surface area contributed by atoms with Crippen molar-refractivity contribution in [3.05, 3.63) is 200 Å². The van der Waals surface area contributed by atoms with Crippen LogP contribution in [0.3, 0.4) is 0 Å². The van der Waals surface area contributed by atoms with Crippen molar-refractivity contribution in [2.24, 2.45) is 0 Å². The highest BCUT2D eigenvalue weighted by atomic mass is 15.0. The van der Waals surface area contributed by atoms with Crippen LogP contribution in [0, 0.1) is 0 Å². The Bertz CT molecular complexity index is 3860. The molecule has 0 atom stereocenters. The van der Waals surface area contributed by atoms with Gasteiger partial charge < -0.3 is 9.13 Å². The lowest BCUT2D eigenvalue weighted by Gasteiger charge is -2.16. The van der Waals surface area contributed by atoms with Crippen LogP contribution in [0.25, 0.3) is 121 Å². The molecule has 0 fully saturated rings. The summed E-state index contributed by atoms with van der Waals surface area (Å²) in [6.45, 7) is 0. The average Bonchev–Trinajstić information content (AvgIpc) is 3.86. The molecule has 0 radical (unpaired) electrons. The van der Waals surface area contributed by atoms with Crippen LogP contribution in [-0.2, 0) is 0 Å². The lowest BCUT2D eigenvalue weighted by atomic mass is 9.89. The standard InChI is InChI=1S/C55H33N5/c1-3-16-35(17-4-1)55-57-44-26-15-33-56-52(44)51(58-55)34-29-31-37(32-30-34)60-46-28-14-12-25-43(46)49-50-47(39-21-8-10-23-41(39)54(49)60)38-20-7-9-22-40(38)53-48(50)42-24-11-13-27-45(42)59(53)36-18-5-2-6-19-36/h1-33H. The molecule has 4 heterocycles. The Morgan fingerprint density at radius 3 is 1.43 bits per heavy atom. The molecule has 278 valence electrons. The zero-order valence-electron chi connectivity index (χ0n) is 32.3. The number of pyridine rings is 1. The zero-order chi connectivity index (χ0) is 39.3. The summed E-state index contributed by atoms with van der Waals surface area (Å²) in [5.74, 6) is 0.684. The predicted molar refractivity (Wildman–Crippen MR) is 249 cm³/mol. The topological polar surface area (TPSA) is 48.5 Å². The SMILES string of the molecule is c1ccc(-c2nc(-c3ccc(-n4c5ccccc5c5c6c(c7ccccc7c7c6c6ccccc6n7-c6ccccc6)c6ccccc6c54)cc3)c3ncccc3n2)cc1. The maximum atomic E-state index is 5.13. The third-order valence-corrected chi connectivity index (χ3v) is 12.3. The minimum atomic E-state index is 0.684. The Morgan fingerprint density at radius 2 is 0.833 bits per heavy atom. The van der Waals surface area contributed by atoms with Crippen molar-refractivity contribution in [1.29, 1.82) is 0 Å². The number of hydrogen-bond acceptors (Lipinski definition) is 3. The summed E-state index contributed by atoms with van der Waals surface area (Å²) in [4.78, 5) is 14.8. The molecule has 9 aromatic carbocycles. The minimum absolute atomic E-state index is 0.684. The van der Waals surface area contributed by atoms with E-state index in [-0.39, 0.29) is 0 Å². The van der Waals surface area contributed by atoms with Crippen molar-refractivity contribution >= 4 is 87.0 Å². The fourth-order valence-corrected chi connectivity index (χ4v) is 9.87. The highest BCUT2D eigenvalue weighted by Crippen LogP contribution is 2.50. The van der Waals surface area contributed by atoms with Crippen LogP contribution in [0.2, 0.25) is 0 Å². The van der Waals surface area contributed by atoms with E-state index in [9.17, 15) is 0 Å². The van der Waals surface area contributed by atoms with E-state index in [2.05, 4.69) is 173 Å². The van der Waals surface area contributed by atoms with Gasteiger partial charge in [-0.2, -0.15) is 0 Å². The number of fused-ring (bicyclic) bond motifs is 16. The molecule has 5 nitrogen and oxygen atoms in total. The summed E-state index contributed by atoms with van der Waals surface area (Å²) < 4.78 is 4.94. The van der Waals surface area contributed by atoms with Crippen molar-refractivity contribution in [2.45, 2.75) is 0 Å². The summed E-state index contributed by atoms with van der Waals surface area (Å²) in [7, 11) is 0. The van der Waals surface area contributed by atoms with E-state index >= 15 is 0 Å². The van der Waals surface area contributed by atoms with E-state index in [0.29, 0.717) is 5.82 Å². The van der Waals surface area contributed by atoms with Gasteiger partial charge >= 0.3 is 0 Å². The van der Waals surface area contributed by atoms with Crippen LogP contribution in [0.15, 0.2) is 200 Å². The number of benzene rings is 9. The van der Waals surface area contributed by atoms with Crippen molar-refractivity contribution in [2.75, 3.05) is 0 Å². The highest BCUT2D eigenvalue weighted by Gasteiger charge is 2.26. The van der Waals surface area contributed by atoms with Gasteiger partial charge in [-0.05, 0) is 64.7 Å². The van der Waals surface area contributed by atoms with Crippen LogP contribution in [0.4, 0.5) is 0 Å². The highest BCUT2D eigenvalue weighted by molar-refractivity contribution is 6.45. The Kier molecular flexibility index (Phi) is 6.95. The van der Waals surface area contributed by atoms with E-state index in [4.69, 9.17) is 15.0 Å². The molecule has 0 aliphatic heterocycles. The van der Waals surface area contributed by atoms with Gasteiger partial charge in [-0.1, -0.05) is 146 Å². The second-order valence-electron chi connectivity index (χ2n) is 15.5.